The molecule has 5 nitrogen and oxygen atoms in total. The van der Waals surface area contributed by atoms with Crippen LogP contribution in [0.2, 0.25) is 0 Å². The molecule has 0 aliphatic rings. The number of aromatic nitrogens is 3. The zero-order chi connectivity index (χ0) is 10.3. The van der Waals surface area contributed by atoms with Crippen LogP contribution >= 0.6 is 15.9 Å². The molecule has 72 valence electrons. The number of aromatic carboxylic acids is 1. The second kappa shape index (κ2) is 3.06. The number of hydrogen-bond donors (Lipinski definition) is 2. The molecule has 6 heteroatoms. The maximum absolute atomic E-state index is 10.7. The highest BCUT2D eigenvalue weighted by Gasteiger charge is 2.11. The number of aryl methyl sites for hydroxylation is 1. The molecule has 14 heavy (non-hydrogen) atoms. The lowest BCUT2D eigenvalue weighted by Crippen LogP contribution is -2.01. The van der Waals surface area contributed by atoms with Crippen molar-refractivity contribution in [2.24, 2.45) is 0 Å². The highest BCUT2D eigenvalue weighted by molar-refractivity contribution is 9.10. The number of pyridine rings is 1. The van der Waals surface area contributed by atoms with E-state index in [9.17, 15) is 4.79 Å². The summed E-state index contributed by atoms with van der Waals surface area (Å²) in [5.41, 5.74) is 1.98. The number of carbonyl (C=O) groups is 1. The highest BCUT2D eigenvalue weighted by Crippen LogP contribution is 2.17. The Hall–Kier alpha value is -1.43. The summed E-state index contributed by atoms with van der Waals surface area (Å²) >= 11 is 3.17. The topological polar surface area (TPSA) is 78.9 Å². The van der Waals surface area contributed by atoms with Gasteiger partial charge in [0.2, 0.25) is 0 Å². The summed E-state index contributed by atoms with van der Waals surface area (Å²) < 4.78 is 0.547. The minimum absolute atomic E-state index is 0.00833. The minimum Gasteiger partial charge on any atom is -0.477 e. The third-order valence-electron chi connectivity index (χ3n) is 1.85. The molecule has 0 radical (unpaired) electrons. The summed E-state index contributed by atoms with van der Waals surface area (Å²) in [5, 5.41) is 8.76. The van der Waals surface area contributed by atoms with Crippen LogP contribution in [-0.2, 0) is 0 Å². The van der Waals surface area contributed by atoms with Gasteiger partial charge in [-0.3, -0.25) is 0 Å². The Balaban J connectivity index is 2.77. The highest BCUT2D eigenvalue weighted by atomic mass is 79.9. The number of nitrogens with one attached hydrogen (secondary N) is 1. The van der Waals surface area contributed by atoms with Crippen LogP contribution in [0.3, 0.4) is 0 Å². The molecular weight excluding hydrogens is 250 g/mol. The van der Waals surface area contributed by atoms with Crippen LogP contribution in [-0.4, -0.2) is 26.0 Å². The van der Waals surface area contributed by atoms with Crippen LogP contribution in [0.4, 0.5) is 0 Å². The first-order chi connectivity index (χ1) is 6.58. The lowest BCUT2D eigenvalue weighted by atomic mass is 10.2. The van der Waals surface area contributed by atoms with Crippen molar-refractivity contribution < 1.29 is 9.90 Å². The maximum Gasteiger partial charge on any atom is 0.354 e. The largest absolute Gasteiger partial charge is 0.477 e. The molecular formula is C8H6BrN3O2. The van der Waals surface area contributed by atoms with Crippen molar-refractivity contribution in [3.05, 3.63) is 22.1 Å². The number of hydrogen-bond acceptors (Lipinski definition) is 3. The smallest absolute Gasteiger partial charge is 0.354 e. The number of halogens is 1. The molecule has 0 amide bonds. The van der Waals surface area contributed by atoms with Crippen LogP contribution in [0.15, 0.2) is 10.8 Å². The average molecular weight is 256 g/mol. The fourth-order valence-corrected chi connectivity index (χ4v) is 1.59. The van der Waals surface area contributed by atoms with Gasteiger partial charge < -0.3 is 10.1 Å². The lowest BCUT2D eigenvalue weighted by Gasteiger charge is -1.96. The third kappa shape index (κ3) is 1.37. The summed E-state index contributed by atoms with van der Waals surface area (Å²) in [4.78, 5) is 21.5. The zero-order valence-electron chi connectivity index (χ0n) is 7.21. The number of fused-ring (bicyclic) bond motifs is 1. The Morgan fingerprint density at radius 2 is 2.29 bits per heavy atom. The Morgan fingerprint density at radius 1 is 1.57 bits per heavy atom. The summed E-state index contributed by atoms with van der Waals surface area (Å²) in [6.07, 6.45) is 0. The number of imidazole rings is 1. The third-order valence-corrected chi connectivity index (χ3v) is 2.22. The summed E-state index contributed by atoms with van der Waals surface area (Å²) in [5.74, 6) is -1.05. The van der Waals surface area contributed by atoms with Crippen molar-refractivity contribution in [3.63, 3.8) is 0 Å². The van der Waals surface area contributed by atoms with Crippen LogP contribution in [0.5, 0.6) is 0 Å². The van der Waals surface area contributed by atoms with E-state index in [1.165, 1.54) is 6.07 Å². The lowest BCUT2D eigenvalue weighted by molar-refractivity contribution is 0.0691. The van der Waals surface area contributed by atoms with Gasteiger partial charge in [-0.1, -0.05) is 0 Å². The first-order valence-corrected chi connectivity index (χ1v) is 4.63. The summed E-state index contributed by atoms with van der Waals surface area (Å²) in [6, 6.07) is 1.51. The molecule has 2 aromatic heterocycles. The van der Waals surface area contributed by atoms with E-state index in [-0.39, 0.29) is 5.69 Å². The minimum atomic E-state index is -1.05. The van der Waals surface area contributed by atoms with E-state index >= 15 is 0 Å². The van der Waals surface area contributed by atoms with E-state index in [1.54, 1.807) is 6.92 Å². The Morgan fingerprint density at radius 3 is 2.93 bits per heavy atom. The number of carboxylic acids is 1. The molecule has 0 aliphatic heterocycles. The standard InChI is InChI=1S/C8H6BrN3O2/c1-3-2-4(7(13)14)10-6-5(3)11-8(9)12-6/h2H,1H3,(H,13,14)(H,10,11,12). The number of carboxylic acid groups (broad SMARTS) is 1. The van der Waals surface area contributed by atoms with Crippen molar-refractivity contribution in [2.45, 2.75) is 6.92 Å². The van der Waals surface area contributed by atoms with Gasteiger partial charge in [0.1, 0.15) is 0 Å². The normalized spacial score (nSPS) is 10.7. The molecule has 2 rings (SSSR count). The number of rotatable bonds is 1. The quantitative estimate of drug-likeness (QED) is 0.814. The molecule has 0 fully saturated rings. The van der Waals surface area contributed by atoms with Gasteiger partial charge >= 0.3 is 5.97 Å². The van der Waals surface area contributed by atoms with Gasteiger partial charge in [0.15, 0.2) is 16.1 Å². The first-order valence-electron chi connectivity index (χ1n) is 3.84. The molecule has 0 bridgehead atoms. The van der Waals surface area contributed by atoms with Gasteiger partial charge in [-0.2, -0.15) is 0 Å². The van der Waals surface area contributed by atoms with E-state index in [1.807, 2.05) is 0 Å². The van der Waals surface area contributed by atoms with E-state index < -0.39 is 5.97 Å². The Bertz CT molecular complexity index is 521. The summed E-state index contributed by atoms with van der Waals surface area (Å²) in [6.45, 7) is 1.81. The van der Waals surface area contributed by atoms with Gasteiger partial charge in [-0.05, 0) is 34.5 Å². The van der Waals surface area contributed by atoms with Crippen LogP contribution < -0.4 is 0 Å². The second-order valence-electron chi connectivity index (χ2n) is 2.86. The fraction of sp³-hybridized carbons (Fsp3) is 0.125. The molecule has 2 N–H and O–H groups in total. The second-order valence-corrected chi connectivity index (χ2v) is 3.61. The van der Waals surface area contributed by atoms with E-state index in [0.29, 0.717) is 10.4 Å². The zero-order valence-corrected chi connectivity index (χ0v) is 8.79. The molecule has 0 saturated heterocycles. The fourth-order valence-electron chi connectivity index (χ4n) is 1.22. The van der Waals surface area contributed by atoms with Crippen molar-refractivity contribution in [1.29, 1.82) is 0 Å². The van der Waals surface area contributed by atoms with Gasteiger partial charge in [0.05, 0.1) is 5.52 Å². The first kappa shape index (κ1) is 9.14. The van der Waals surface area contributed by atoms with Crippen LogP contribution in [0.25, 0.3) is 11.2 Å². The monoisotopic (exact) mass is 255 g/mol. The summed E-state index contributed by atoms with van der Waals surface area (Å²) in [7, 11) is 0. The molecule has 2 heterocycles. The molecule has 0 atom stereocenters. The predicted octanol–water partition coefficient (Wildman–Crippen LogP) is 1.73. The average Bonchev–Trinajstić information content (AvgIpc) is 2.45. The van der Waals surface area contributed by atoms with Crippen molar-refractivity contribution in [2.75, 3.05) is 0 Å². The molecule has 0 aromatic carbocycles. The van der Waals surface area contributed by atoms with Gasteiger partial charge in [0.25, 0.3) is 0 Å². The Labute approximate surface area is 87.3 Å². The Kier molecular flexibility index (Phi) is 1.99. The van der Waals surface area contributed by atoms with E-state index in [0.717, 1.165) is 11.1 Å². The van der Waals surface area contributed by atoms with E-state index in [4.69, 9.17) is 5.11 Å². The number of nitrogens with zero attached hydrogens (tertiary/aromatic N) is 2. The predicted molar refractivity (Wildman–Crippen MR) is 53.3 cm³/mol. The van der Waals surface area contributed by atoms with Crippen molar-refractivity contribution in [3.8, 4) is 0 Å². The SMILES string of the molecule is Cc1cc(C(=O)O)nc2nc(Br)[nH]c12. The van der Waals surface area contributed by atoms with E-state index in [2.05, 4.69) is 30.9 Å². The molecule has 0 aliphatic carbocycles. The molecule has 0 saturated carbocycles. The van der Waals surface area contributed by atoms with Crippen molar-refractivity contribution >= 4 is 33.1 Å². The number of H-pyrrole nitrogens is 1. The molecule has 2 aromatic rings. The molecule has 0 unspecified atom stereocenters. The van der Waals surface area contributed by atoms with Gasteiger partial charge in [-0.15, -0.1) is 0 Å². The van der Waals surface area contributed by atoms with Gasteiger partial charge in [-0.25, -0.2) is 14.8 Å². The van der Waals surface area contributed by atoms with Crippen LogP contribution in [0.1, 0.15) is 16.1 Å². The molecule has 0 spiro atoms. The maximum atomic E-state index is 10.7. The van der Waals surface area contributed by atoms with Crippen LogP contribution in [0, 0.1) is 6.92 Å². The van der Waals surface area contributed by atoms with Gasteiger partial charge in [0, 0.05) is 0 Å². The number of aromatic amines is 1. The van der Waals surface area contributed by atoms with Crippen molar-refractivity contribution in [1.82, 2.24) is 15.0 Å².